The third-order valence-corrected chi connectivity index (χ3v) is 2.33. The van der Waals surface area contributed by atoms with Gasteiger partial charge in [0.15, 0.2) is 0 Å². The van der Waals surface area contributed by atoms with Crippen LogP contribution < -0.4 is 16.0 Å². The van der Waals surface area contributed by atoms with Crippen molar-refractivity contribution in [1.29, 1.82) is 0 Å². The first-order valence-electron chi connectivity index (χ1n) is 5.34. The summed E-state index contributed by atoms with van der Waals surface area (Å²) >= 11 is 0. The van der Waals surface area contributed by atoms with Crippen LogP contribution in [0.25, 0.3) is 0 Å². The van der Waals surface area contributed by atoms with Gasteiger partial charge in [0.2, 0.25) is 0 Å². The maximum Gasteiger partial charge on any atom is 0.132 e. The van der Waals surface area contributed by atoms with Crippen molar-refractivity contribution >= 4 is 11.6 Å². The van der Waals surface area contributed by atoms with Crippen LogP contribution in [0.5, 0.6) is 0 Å². The molecule has 0 aromatic carbocycles. The van der Waals surface area contributed by atoms with E-state index in [2.05, 4.69) is 32.8 Å². The van der Waals surface area contributed by atoms with Crippen LogP contribution in [0.4, 0.5) is 11.6 Å². The topological polar surface area (TPSA) is 61.9 Å². The van der Waals surface area contributed by atoms with Crippen molar-refractivity contribution in [2.75, 3.05) is 30.3 Å². The van der Waals surface area contributed by atoms with Gasteiger partial charge in [-0.2, -0.15) is 0 Å². The first-order valence-corrected chi connectivity index (χ1v) is 5.34. The molecule has 0 unspecified atom stereocenters. The van der Waals surface area contributed by atoms with E-state index >= 15 is 0 Å². The molecule has 2 rings (SSSR count). The van der Waals surface area contributed by atoms with Crippen LogP contribution in [0, 0.1) is 6.92 Å². The predicted molar refractivity (Wildman–Crippen MR) is 61.2 cm³/mol. The number of hydrogen-bond acceptors (Lipinski definition) is 5. The van der Waals surface area contributed by atoms with Crippen molar-refractivity contribution in [1.82, 2.24) is 15.3 Å². The van der Waals surface area contributed by atoms with E-state index in [1.54, 1.807) is 0 Å². The minimum Gasteiger partial charge on any atom is -0.370 e. The molecule has 0 atom stereocenters. The van der Waals surface area contributed by atoms with E-state index in [-0.39, 0.29) is 0 Å². The normalized spacial score (nSPS) is 15.9. The highest BCUT2D eigenvalue weighted by Crippen LogP contribution is 2.12. The van der Waals surface area contributed by atoms with E-state index in [0.29, 0.717) is 6.04 Å². The van der Waals surface area contributed by atoms with Crippen LogP contribution in [-0.4, -0.2) is 35.6 Å². The highest BCUT2D eigenvalue weighted by Gasteiger charge is 2.16. The highest BCUT2D eigenvalue weighted by atomic mass is 15.1. The lowest BCUT2D eigenvalue weighted by atomic mass is 10.2. The third-order valence-electron chi connectivity index (χ3n) is 2.33. The molecular weight excluding hydrogens is 190 g/mol. The number of hydrogen-bond donors (Lipinski definition) is 3. The third kappa shape index (κ3) is 2.56. The Morgan fingerprint density at radius 1 is 1.40 bits per heavy atom. The van der Waals surface area contributed by atoms with Crippen molar-refractivity contribution in [2.24, 2.45) is 0 Å². The van der Waals surface area contributed by atoms with E-state index in [1.807, 2.05) is 13.0 Å². The van der Waals surface area contributed by atoms with Gasteiger partial charge in [0.05, 0.1) is 6.04 Å². The smallest absolute Gasteiger partial charge is 0.132 e. The number of aromatic nitrogens is 2. The zero-order valence-corrected chi connectivity index (χ0v) is 9.17. The lowest BCUT2D eigenvalue weighted by molar-refractivity contribution is 0.471. The molecule has 0 spiro atoms. The molecule has 0 bridgehead atoms. The van der Waals surface area contributed by atoms with Crippen molar-refractivity contribution in [3.8, 4) is 0 Å². The quantitative estimate of drug-likeness (QED) is 0.675. The van der Waals surface area contributed by atoms with Gasteiger partial charge in [-0.25, -0.2) is 9.97 Å². The molecular formula is C10H17N5. The molecule has 0 amide bonds. The standard InChI is InChI=1S/C10H17N5/c1-3-12-9-4-10(14-7(2)13-9)15-8-5-11-6-8/h4,8,11H,3,5-6H2,1-2H3,(H2,12,13,14,15). The van der Waals surface area contributed by atoms with Gasteiger partial charge < -0.3 is 16.0 Å². The number of nitrogens with one attached hydrogen (secondary N) is 3. The number of anilines is 2. The van der Waals surface area contributed by atoms with Gasteiger partial charge in [-0.3, -0.25) is 0 Å². The summed E-state index contributed by atoms with van der Waals surface area (Å²) in [4.78, 5) is 8.64. The average Bonchev–Trinajstić information content (AvgIpc) is 2.11. The monoisotopic (exact) mass is 207 g/mol. The molecule has 82 valence electrons. The summed E-state index contributed by atoms with van der Waals surface area (Å²) in [5.41, 5.74) is 0. The summed E-state index contributed by atoms with van der Waals surface area (Å²) in [5, 5.41) is 9.77. The maximum absolute atomic E-state index is 4.35. The molecule has 1 aliphatic rings. The molecule has 1 aromatic heterocycles. The molecule has 2 heterocycles. The fourth-order valence-corrected chi connectivity index (χ4v) is 1.51. The zero-order chi connectivity index (χ0) is 10.7. The molecule has 5 nitrogen and oxygen atoms in total. The Kier molecular flexibility index (Phi) is 3.01. The molecule has 1 saturated heterocycles. The Morgan fingerprint density at radius 2 is 2.13 bits per heavy atom. The van der Waals surface area contributed by atoms with Crippen LogP contribution in [0.3, 0.4) is 0 Å². The van der Waals surface area contributed by atoms with E-state index in [0.717, 1.165) is 37.1 Å². The average molecular weight is 207 g/mol. The summed E-state index contributed by atoms with van der Waals surface area (Å²) in [6, 6.07) is 2.46. The van der Waals surface area contributed by atoms with Crippen molar-refractivity contribution in [3.63, 3.8) is 0 Å². The minimum atomic E-state index is 0.508. The predicted octanol–water partition coefficient (Wildman–Crippen LogP) is 0.601. The van der Waals surface area contributed by atoms with Crippen molar-refractivity contribution < 1.29 is 0 Å². The zero-order valence-electron chi connectivity index (χ0n) is 9.17. The summed E-state index contributed by atoms with van der Waals surface area (Å²) < 4.78 is 0. The fraction of sp³-hybridized carbons (Fsp3) is 0.600. The van der Waals surface area contributed by atoms with Crippen molar-refractivity contribution in [2.45, 2.75) is 19.9 Å². The van der Waals surface area contributed by atoms with Gasteiger partial charge in [-0.1, -0.05) is 0 Å². The second-order valence-corrected chi connectivity index (χ2v) is 3.72. The van der Waals surface area contributed by atoms with Crippen LogP contribution >= 0.6 is 0 Å². The van der Waals surface area contributed by atoms with Gasteiger partial charge in [0.25, 0.3) is 0 Å². The molecule has 0 saturated carbocycles. The Labute approximate surface area is 89.7 Å². The van der Waals surface area contributed by atoms with Gasteiger partial charge in [-0.15, -0.1) is 0 Å². The molecule has 1 fully saturated rings. The molecule has 1 aromatic rings. The van der Waals surface area contributed by atoms with E-state index < -0.39 is 0 Å². The molecule has 1 aliphatic heterocycles. The van der Waals surface area contributed by atoms with Crippen LogP contribution in [0.15, 0.2) is 6.07 Å². The van der Waals surface area contributed by atoms with Gasteiger partial charge in [0.1, 0.15) is 17.5 Å². The SMILES string of the molecule is CCNc1cc(NC2CNC2)nc(C)n1. The minimum absolute atomic E-state index is 0.508. The lowest BCUT2D eigenvalue weighted by Crippen LogP contribution is -2.51. The van der Waals surface area contributed by atoms with E-state index in [1.165, 1.54) is 0 Å². The number of aryl methyl sites for hydroxylation is 1. The Morgan fingerprint density at radius 3 is 2.73 bits per heavy atom. The molecule has 5 heteroatoms. The van der Waals surface area contributed by atoms with E-state index in [9.17, 15) is 0 Å². The first kappa shape index (κ1) is 10.2. The number of rotatable bonds is 4. The van der Waals surface area contributed by atoms with Gasteiger partial charge in [-0.05, 0) is 13.8 Å². The Balaban J connectivity index is 2.07. The second kappa shape index (κ2) is 4.44. The van der Waals surface area contributed by atoms with Crippen LogP contribution in [0.2, 0.25) is 0 Å². The summed E-state index contributed by atoms with van der Waals surface area (Å²) in [6.45, 7) is 6.87. The Hall–Kier alpha value is -1.36. The van der Waals surface area contributed by atoms with Gasteiger partial charge in [0, 0.05) is 25.7 Å². The number of nitrogens with zero attached hydrogens (tertiary/aromatic N) is 2. The summed E-state index contributed by atoms with van der Waals surface area (Å²) in [6.07, 6.45) is 0. The highest BCUT2D eigenvalue weighted by molar-refractivity contribution is 5.48. The van der Waals surface area contributed by atoms with E-state index in [4.69, 9.17) is 0 Å². The van der Waals surface area contributed by atoms with Crippen LogP contribution in [0.1, 0.15) is 12.7 Å². The summed E-state index contributed by atoms with van der Waals surface area (Å²) in [7, 11) is 0. The van der Waals surface area contributed by atoms with Crippen LogP contribution in [-0.2, 0) is 0 Å². The lowest BCUT2D eigenvalue weighted by Gasteiger charge is -2.28. The summed E-state index contributed by atoms with van der Waals surface area (Å²) in [5.74, 6) is 2.59. The maximum atomic E-state index is 4.35. The second-order valence-electron chi connectivity index (χ2n) is 3.72. The molecule has 0 aliphatic carbocycles. The first-order chi connectivity index (χ1) is 7.28. The molecule has 0 radical (unpaired) electrons. The van der Waals surface area contributed by atoms with Crippen molar-refractivity contribution in [3.05, 3.63) is 11.9 Å². The van der Waals surface area contributed by atoms with Gasteiger partial charge >= 0.3 is 0 Å². The molecule has 3 N–H and O–H groups in total. The Bertz CT molecular complexity index is 335. The largest absolute Gasteiger partial charge is 0.370 e. The fourth-order valence-electron chi connectivity index (χ4n) is 1.51. The molecule has 15 heavy (non-hydrogen) atoms.